The van der Waals surface area contributed by atoms with Crippen molar-refractivity contribution in [2.45, 2.75) is 50.9 Å². The lowest BCUT2D eigenvalue weighted by Crippen LogP contribution is -2.57. The van der Waals surface area contributed by atoms with Gasteiger partial charge in [0, 0.05) is 12.8 Å². The Bertz CT molecular complexity index is 284. The summed E-state index contributed by atoms with van der Waals surface area (Å²) in [4.78, 5) is 11.3. The van der Waals surface area contributed by atoms with Crippen molar-refractivity contribution in [1.82, 2.24) is 0 Å². The third kappa shape index (κ3) is 0.565. The minimum absolute atomic E-state index is 0.0162. The summed E-state index contributed by atoms with van der Waals surface area (Å²) < 4.78 is 11.0. The lowest BCUT2D eigenvalue weighted by Gasteiger charge is -2.44. The first-order valence-corrected chi connectivity index (χ1v) is 5.14. The second kappa shape index (κ2) is 1.92. The Labute approximate surface area is 77.4 Å². The van der Waals surface area contributed by atoms with Crippen LogP contribution in [0.4, 0.5) is 0 Å². The van der Waals surface area contributed by atoms with Gasteiger partial charge < -0.3 is 9.47 Å². The SMILES string of the molecule is CC.O=C1OC23CC4CC1(C2)C3O4. The molecule has 3 nitrogen and oxygen atoms in total. The molecule has 13 heavy (non-hydrogen) atoms. The van der Waals surface area contributed by atoms with Crippen LogP contribution in [-0.4, -0.2) is 23.8 Å². The van der Waals surface area contributed by atoms with Crippen molar-refractivity contribution in [3.8, 4) is 0 Å². The summed E-state index contributed by atoms with van der Waals surface area (Å²) in [7, 11) is 0. The fraction of sp³-hybridized carbons (Fsp3) is 0.900. The normalized spacial score (nSPS) is 58.2. The van der Waals surface area contributed by atoms with Crippen LogP contribution in [0.2, 0.25) is 0 Å². The fourth-order valence-corrected chi connectivity index (χ4v) is 3.54. The van der Waals surface area contributed by atoms with Gasteiger partial charge in [0.1, 0.15) is 17.1 Å². The van der Waals surface area contributed by atoms with E-state index in [0.29, 0.717) is 6.10 Å². The largest absolute Gasteiger partial charge is 0.456 e. The van der Waals surface area contributed by atoms with Crippen LogP contribution in [0.1, 0.15) is 33.1 Å². The average Bonchev–Trinajstić information content (AvgIpc) is 2.70. The zero-order valence-corrected chi connectivity index (χ0v) is 8.00. The van der Waals surface area contributed by atoms with Gasteiger partial charge in [-0.25, -0.2) is 0 Å². The molecule has 0 amide bonds. The number of rotatable bonds is 0. The van der Waals surface area contributed by atoms with E-state index < -0.39 is 0 Å². The number of fused-ring (bicyclic) bond motifs is 2. The third-order valence-corrected chi connectivity index (χ3v) is 3.79. The lowest BCUT2D eigenvalue weighted by molar-refractivity contribution is -0.143. The molecule has 5 fully saturated rings. The van der Waals surface area contributed by atoms with Crippen LogP contribution in [0.3, 0.4) is 0 Å². The summed E-state index contributed by atoms with van der Waals surface area (Å²) in [5.74, 6) is 0.0162. The van der Waals surface area contributed by atoms with E-state index in [1.807, 2.05) is 13.8 Å². The molecule has 0 aromatic carbocycles. The molecule has 0 radical (unpaired) electrons. The molecule has 0 aromatic heterocycles. The van der Waals surface area contributed by atoms with E-state index in [4.69, 9.17) is 9.47 Å². The molecule has 5 rings (SSSR count). The second-order valence-corrected chi connectivity index (χ2v) is 4.33. The molecular weight excluding hydrogens is 168 g/mol. The maximum Gasteiger partial charge on any atom is 0.315 e. The van der Waals surface area contributed by atoms with Crippen LogP contribution in [0.25, 0.3) is 0 Å². The Hall–Kier alpha value is -0.570. The van der Waals surface area contributed by atoms with Crippen LogP contribution >= 0.6 is 0 Å². The molecule has 4 saturated heterocycles. The van der Waals surface area contributed by atoms with Gasteiger partial charge in [-0.1, -0.05) is 13.8 Å². The molecule has 0 N–H and O–H groups in total. The number of hydrogen-bond acceptors (Lipinski definition) is 3. The molecule has 4 atom stereocenters. The number of hydrogen-bond donors (Lipinski definition) is 0. The van der Waals surface area contributed by atoms with Gasteiger partial charge in [-0.05, 0) is 6.42 Å². The quantitative estimate of drug-likeness (QED) is 0.529. The molecule has 4 unspecified atom stereocenters. The summed E-state index contributed by atoms with van der Waals surface area (Å²) in [5.41, 5.74) is -0.303. The molecule has 3 heteroatoms. The standard InChI is InChI=1S/C8H8O3.C2H6/c9-6-7-1-4-2-8(3-7,11-6)5(7)10-4;1-2/h4-5H,1-3H2;1-2H3. The molecular formula is C10H14O3. The number of carbonyl (C=O) groups is 1. The van der Waals surface area contributed by atoms with E-state index in [0.717, 1.165) is 19.3 Å². The van der Waals surface area contributed by atoms with Crippen LogP contribution in [0, 0.1) is 5.41 Å². The summed E-state index contributed by atoms with van der Waals surface area (Å²) in [5, 5.41) is 0. The van der Waals surface area contributed by atoms with Crippen molar-refractivity contribution in [2.24, 2.45) is 5.41 Å². The van der Waals surface area contributed by atoms with Gasteiger partial charge in [0.25, 0.3) is 0 Å². The van der Waals surface area contributed by atoms with E-state index in [9.17, 15) is 4.79 Å². The van der Waals surface area contributed by atoms with Crippen LogP contribution in [-0.2, 0) is 14.3 Å². The summed E-state index contributed by atoms with van der Waals surface area (Å²) in [6.07, 6.45) is 3.32. The van der Waals surface area contributed by atoms with Gasteiger partial charge in [0.2, 0.25) is 0 Å². The third-order valence-electron chi connectivity index (χ3n) is 3.79. The topological polar surface area (TPSA) is 35.5 Å². The second-order valence-electron chi connectivity index (χ2n) is 4.33. The van der Waals surface area contributed by atoms with Crippen molar-refractivity contribution < 1.29 is 14.3 Å². The molecule has 0 aromatic rings. The van der Waals surface area contributed by atoms with Crippen LogP contribution in [0.5, 0.6) is 0 Å². The zero-order chi connectivity index (χ0) is 9.27. The Kier molecular flexibility index (Phi) is 1.15. The highest BCUT2D eigenvalue weighted by molar-refractivity contribution is 5.86. The Morgan fingerprint density at radius 2 is 2.15 bits per heavy atom. The molecule has 2 spiro atoms. The van der Waals surface area contributed by atoms with Crippen molar-refractivity contribution >= 4 is 5.97 Å². The average molecular weight is 182 g/mol. The Balaban J connectivity index is 0.000000266. The van der Waals surface area contributed by atoms with Crippen LogP contribution in [0.15, 0.2) is 0 Å². The fourth-order valence-electron chi connectivity index (χ4n) is 3.54. The Morgan fingerprint density at radius 3 is 2.69 bits per heavy atom. The van der Waals surface area contributed by atoms with Crippen molar-refractivity contribution in [3.63, 3.8) is 0 Å². The van der Waals surface area contributed by atoms with Crippen LogP contribution < -0.4 is 0 Å². The summed E-state index contributed by atoms with van der Waals surface area (Å²) in [6, 6.07) is 0. The Morgan fingerprint density at radius 1 is 1.38 bits per heavy atom. The minimum atomic E-state index is -0.164. The monoisotopic (exact) mass is 182 g/mol. The highest BCUT2D eigenvalue weighted by Gasteiger charge is 2.85. The first-order chi connectivity index (χ1) is 6.25. The maximum atomic E-state index is 11.3. The number of carbonyl (C=O) groups excluding carboxylic acids is 1. The van der Waals surface area contributed by atoms with E-state index >= 15 is 0 Å². The van der Waals surface area contributed by atoms with E-state index in [-0.39, 0.29) is 23.1 Å². The van der Waals surface area contributed by atoms with Gasteiger partial charge in [0.15, 0.2) is 0 Å². The number of esters is 1. The van der Waals surface area contributed by atoms with E-state index in [2.05, 4.69) is 0 Å². The predicted octanol–water partition coefficient (Wildman–Crippen LogP) is 1.26. The smallest absolute Gasteiger partial charge is 0.315 e. The van der Waals surface area contributed by atoms with E-state index in [1.165, 1.54) is 0 Å². The van der Waals surface area contributed by atoms with Crippen molar-refractivity contribution in [1.29, 1.82) is 0 Å². The van der Waals surface area contributed by atoms with Gasteiger partial charge in [-0.2, -0.15) is 0 Å². The minimum Gasteiger partial charge on any atom is -0.456 e. The molecule has 1 aliphatic carbocycles. The molecule has 1 saturated carbocycles. The van der Waals surface area contributed by atoms with Crippen molar-refractivity contribution in [3.05, 3.63) is 0 Å². The highest BCUT2D eigenvalue weighted by Crippen LogP contribution is 2.73. The lowest BCUT2D eigenvalue weighted by atomic mass is 9.54. The van der Waals surface area contributed by atoms with Gasteiger partial charge in [-0.15, -0.1) is 0 Å². The summed E-state index contributed by atoms with van der Waals surface area (Å²) in [6.45, 7) is 4.00. The molecule has 5 aliphatic rings. The maximum absolute atomic E-state index is 11.3. The highest BCUT2D eigenvalue weighted by atomic mass is 16.6. The molecule has 4 bridgehead atoms. The van der Waals surface area contributed by atoms with Crippen molar-refractivity contribution in [2.75, 3.05) is 0 Å². The number of ether oxygens (including phenoxy) is 2. The predicted molar refractivity (Wildman–Crippen MR) is 45.1 cm³/mol. The molecule has 4 heterocycles. The van der Waals surface area contributed by atoms with Gasteiger partial charge in [-0.3, -0.25) is 4.79 Å². The first kappa shape index (κ1) is 7.80. The first-order valence-electron chi connectivity index (χ1n) is 5.14. The van der Waals surface area contributed by atoms with Gasteiger partial charge in [0.05, 0.1) is 6.10 Å². The van der Waals surface area contributed by atoms with Gasteiger partial charge >= 0.3 is 5.97 Å². The molecule has 4 aliphatic heterocycles. The zero-order valence-electron chi connectivity index (χ0n) is 8.00. The summed E-state index contributed by atoms with van der Waals surface area (Å²) >= 11 is 0. The molecule has 72 valence electrons. The van der Waals surface area contributed by atoms with E-state index in [1.54, 1.807) is 0 Å².